The largest absolute Gasteiger partial charge is 0.433 e. The van der Waals surface area contributed by atoms with E-state index in [0.29, 0.717) is 12.5 Å². The van der Waals surface area contributed by atoms with Gasteiger partial charge in [0.05, 0.1) is 0 Å². The number of alkyl halides is 3. The van der Waals surface area contributed by atoms with Crippen molar-refractivity contribution in [2.24, 2.45) is 5.92 Å². The molecule has 106 valence electrons. The van der Waals surface area contributed by atoms with E-state index in [0.717, 1.165) is 25.5 Å². The van der Waals surface area contributed by atoms with Gasteiger partial charge >= 0.3 is 6.18 Å². The van der Waals surface area contributed by atoms with Crippen LogP contribution < -0.4 is 4.90 Å². The molecule has 0 N–H and O–H groups in total. The predicted octanol–water partition coefficient (Wildman–Crippen LogP) is 3.78. The number of rotatable bonds is 4. The molecule has 1 saturated carbocycles. The maximum atomic E-state index is 12.7. The molecule has 0 atom stereocenters. The number of aromatic nitrogens is 2. The Hall–Kier alpha value is -1.04. The Bertz CT molecular complexity index is 446. The molecule has 1 fully saturated rings. The van der Waals surface area contributed by atoms with Gasteiger partial charge in [0.1, 0.15) is 5.82 Å². The summed E-state index contributed by atoms with van der Waals surface area (Å²) in [4.78, 5) is 8.97. The lowest BCUT2D eigenvalue weighted by Gasteiger charge is -2.32. The quantitative estimate of drug-likeness (QED) is 0.791. The summed E-state index contributed by atoms with van der Waals surface area (Å²) < 4.78 is 38.1. The molecule has 0 spiro atoms. The van der Waals surface area contributed by atoms with Crippen LogP contribution >= 0.6 is 11.6 Å². The van der Waals surface area contributed by atoms with E-state index in [1.807, 2.05) is 11.8 Å². The Balaban J connectivity index is 2.23. The predicted molar refractivity (Wildman–Crippen MR) is 67.3 cm³/mol. The van der Waals surface area contributed by atoms with Crippen molar-refractivity contribution in [2.75, 3.05) is 18.0 Å². The minimum atomic E-state index is -4.50. The van der Waals surface area contributed by atoms with E-state index in [-0.39, 0.29) is 11.1 Å². The molecular formula is C12H15ClF3N3. The van der Waals surface area contributed by atoms with E-state index in [2.05, 4.69) is 9.97 Å². The Kier molecular flexibility index (Phi) is 4.18. The van der Waals surface area contributed by atoms with E-state index < -0.39 is 11.9 Å². The van der Waals surface area contributed by atoms with E-state index in [9.17, 15) is 13.2 Å². The molecule has 0 aliphatic heterocycles. The third-order valence-electron chi connectivity index (χ3n) is 3.38. The minimum Gasteiger partial charge on any atom is -0.356 e. The summed E-state index contributed by atoms with van der Waals surface area (Å²) in [5.41, 5.74) is -0.991. The van der Waals surface area contributed by atoms with Gasteiger partial charge in [-0.15, -0.1) is 0 Å². The Morgan fingerprint density at radius 3 is 2.53 bits per heavy atom. The lowest BCUT2D eigenvalue weighted by atomic mass is 9.85. The molecule has 1 aliphatic carbocycles. The van der Waals surface area contributed by atoms with Crippen LogP contribution in [0.5, 0.6) is 0 Å². The van der Waals surface area contributed by atoms with Crippen molar-refractivity contribution in [1.82, 2.24) is 9.97 Å². The SMILES string of the molecule is CCN(CC1CCC1)c1cc(C(F)(F)F)nc(Cl)n1. The lowest BCUT2D eigenvalue weighted by molar-refractivity contribution is -0.141. The topological polar surface area (TPSA) is 29.0 Å². The summed E-state index contributed by atoms with van der Waals surface area (Å²) in [6.07, 6.45) is -1.05. The highest BCUT2D eigenvalue weighted by Gasteiger charge is 2.34. The van der Waals surface area contributed by atoms with Crippen LogP contribution in [0, 0.1) is 5.92 Å². The van der Waals surface area contributed by atoms with Gasteiger partial charge in [-0.25, -0.2) is 9.97 Å². The smallest absolute Gasteiger partial charge is 0.356 e. The maximum absolute atomic E-state index is 12.7. The molecule has 1 heterocycles. The first-order valence-corrected chi connectivity index (χ1v) is 6.64. The van der Waals surface area contributed by atoms with Crippen molar-refractivity contribution in [3.8, 4) is 0 Å². The van der Waals surface area contributed by atoms with Crippen LogP contribution in [0.2, 0.25) is 5.28 Å². The van der Waals surface area contributed by atoms with Crippen LogP contribution in [0.1, 0.15) is 31.9 Å². The number of halogens is 4. The van der Waals surface area contributed by atoms with E-state index in [4.69, 9.17) is 11.6 Å². The standard InChI is InChI=1S/C12H15ClF3N3/c1-2-19(7-8-4-3-5-8)10-6-9(12(14,15)16)17-11(13)18-10/h6,8H,2-5,7H2,1H3. The molecule has 1 aromatic rings. The molecule has 0 aromatic carbocycles. The summed E-state index contributed by atoms with van der Waals surface area (Å²) >= 11 is 5.59. The molecule has 2 rings (SSSR count). The number of nitrogens with zero attached hydrogens (tertiary/aromatic N) is 3. The first-order valence-electron chi connectivity index (χ1n) is 6.27. The summed E-state index contributed by atoms with van der Waals surface area (Å²) in [7, 11) is 0. The van der Waals surface area contributed by atoms with Crippen LogP contribution in [0.3, 0.4) is 0 Å². The summed E-state index contributed by atoms with van der Waals surface area (Å²) in [6, 6.07) is 0.966. The monoisotopic (exact) mass is 293 g/mol. The zero-order valence-corrected chi connectivity index (χ0v) is 11.3. The second-order valence-electron chi connectivity index (χ2n) is 4.71. The molecule has 1 aromatic heterocycles. The molecule has 7 heteroatoms. The molecule has 0 unspecified atom stereocenters. The molecule has 0 bridgehead atoms. The van der Waals surface area contributed by atoms with Gasteiger partial charge in [0, 0.05) is 19.2 Å². The van der Waals surface area contributed by atoms with Gasteiger partial charge in [-0.3, -0.25) is 0 Å². The third kappa shape index (κ3) is 3.49. The van der Waals surface area contributed by atoms with Crippen LogP contribution in [0.25, 0.3) is 0 Å². The lowest BCUT2D eigenvalue weighted by Crippen LogP contribution is -2.33. The number of hydrogen-bond acceptors (Lipinski definition) is 3. The molecule has 1 aliphatic rings. The normalized spacial score (nSPS) is 16.3. The zero-order chi connectivity index (χ0) is 14.0. The third-order valence-corrected chi connectivity index (χ3v) is 3.55. The second-order valence-corrected chi connectivity index (χ2v) is 5.05. The highest BCUT2D eigenvalue weighted by molar-refractivity contribution is 6.28. The van der Waals surface area contributed by atoms with Gasteiger partial charge in [-0.1, -0.05) is 6.42 Å². The molecule has 3 nitrogen and oxygen atoms in total. The van der Waals surface area contributed by atoms with Gasteiger partial charge in [-0.05, 0) is 37.3 Å². The Morgan fingerprint density at radius 2 is 2.05 bits per heavy atom. The molecular weight excluding hydrogens is 279 g/mol. The van der Waals surface area contributed by atoms with Crippen LogP contribution in [0.4, 0.5) is 19.0 Å². The molecule has 0 amide bonds. The highest BCUT2D eigenvalue weighted by Crippen LogP contribution is 2.32. The van der Waals surface area contributed by atoms with E-state index in [1.165, 1.54) is 6.42 Å². The molecule has 0 radical (unpaired) electrons. The Labute approximate surface area is 114 Å². The van der Waals surface area contributed by atoms with Gasteiger partial charge in [-0.2, -0.15) is 13.2 Å². The van der Waals surface area contributed by atoms with Crippen molar-refractivity contribution in [2.45, 2.75) is 32.4 Å². The van der Waals surface area contributed by atoms with Crippen molar-refractivity contribution < 1.29 is 13.2 Å². The van der Waals surface area contributed by atoms with E-state index in [1.54, 1.807) is 0 Å². The Morgan fingerprint density at radius 1 is 1.37 bits per heavy atom. The minimum absolute atomic E-state index is 0.252. The first kappa shape index (κ1) is 14.4. The van der Waals surface area contributed by atoms with Gasteiger partial charge in [0.2, 0.25) is 5.28 Å². The van der Waals surface area contributed by atoms with Crippen LogP contribution in [-0.4, -0.2) is 23.1 Å². The first-order chi connectivity index (χ1) is 8.90. The number of hydrogen-bond donors (Lipinski definition) is 0. The maximum Gasteiger partial charge on any atom is 0.433 e. The van der Waals surface area contributed by atoms with Crippen molar-refractivity contribution >= 4 is 17.4 Å². The van der Waals surface area contributed by atoms with E-state index >= 15 is 0 Å². The second kappa shape index (κ2) is 5.53. The van der Waals surface area contributed by atoms with Gasteiger partial charge < -0.3 is 4.90 Å². The fourth-order valence-corrected chi connectivity index (χ4v) is 2.26. The van der Waals surface area contributed by atoms with Crippen molar-refractivity contribution in [3.63, 3.8) is 0 Å². The average Bonchev–Trinajstić information content (AvgIpc) is 2.25. The summed E-state index contributed by atoms with van der Waals surface area (Å²) in [5.74, 6) is 0.796. The number of anilines is 1. The van der Waals surface area contributed by atoms with Gasteiger partial charge in [0.25, 0.3) is 0 Å². The summed E-state index contributed by atoms with van der Waals surface area (Å²) in [5, 5.41) is -0.364. The fourth-order valence-electron chi connectivity index (χ4n) is 2.08. The summed E-state index contributed by atoms with van der Waals surface area (Å²) in [6.45, 7) is 3.21. The van der Waals surface area contributed by atoms with Gasteiger partial charge in [0.15, 0.2) is 5.69 Å². The average molecular weight is 294 g/mol. The van der Waals surface area contributed by atoms with Crippen molar-refractivity contribution in [1.29, 1.82) is 0 Å². The van der Waals surface area contributed by atoms with Crippen molar-refractivity contribution in [3.05, 3.63) is 17.0 Å². The van der Waals surface area contributed by atoms with Crippen LogP contribution in [-0.2, 0) is 6.18 Å². The molecule has 19 heavy (non-hydrogen) atoms. The highest BCUT2D eigenvalue weighted by atomic mass is 35.5. The zero-order valence-electron chi connectivity index (χ0n) is 10.5. The fraction of sp³-hybridized carbons (Fsp3) is 0.667. The molecule has 0 saturated heterocycles. The van der Waals surface area contributed by atoms with Crippen LogP contribution in [0.15, 0.2) is 6.07 Å².